The van der Waals surface area contributed by atoms with Crippen LogP contribution in [0.5, 0.6) is 17.2 Å². The van der Waals surface area contributed by atoms with Crippen LogP contribution in [0.3, 0.4) is 0 Å². The van der Waals surface area contributed by atoms with Crippen LogP contribution in [0.25, 0.3) is 16.6 Å². The summed E-state index contributed by atoms with van der Waals surface area (Å²) in [6, 6.07) is 15.3. The molecule has 0 aliphatic rings. The summed E-state index contributed by atoms with van der Waals surface area (Å²) in [5, 5.41) is 3.10. The first-order chi connectivity index (χ1) is 20.3. The van der Waals surface area contributed by atoms with Crippen LogP contribution >= 0.6 is 0 Å². The summed E-state index contributed by atoms with van der Waals surface area (Å²) in [5.74, 6) is -1.35. The summed E-state index contributed by atoms with van der Waals surface area (Å²) in [6.07, 6.45) is 2.67. The number of carbonyl (C=O) groups excluding carboxylic acids is 1. The molecule has 2 aromatic heterocycles. The molecule has 3 aromatic carbocycles. The number of pyridine rings is 1. The zero-order chi connectivity index (χ0) is 30.4. The van der Waals surface area contributed by atoms with Gasteiger partial charge in [-0.05, 0) is 67.6 Å². The van der Waals surface area contributed by atoms with Crippen molar-refractivity contribution in [3.8, 4) is 22.9 Å². The normalized spacial score (nSPS) is 10.5. The number of aryl methyl sites for hydroxylation is 1. The average Bonchev–Trinajstić information content (AvgIpc) is 3.00. The van der Waals surface area contributed by atoms with Gasteiger partial charge in [-0.1, -0.05) is 13.8 Å². The van der Waals surface area contributed by atoms with Gasteiger partial charge in [-0.25, -0.2) is 18.1 Å². The van der Waals surface area contributed by atoms with Crippen molar-refractivity contribution in [2.45, 2.75) is 27.3 Å². The molecule has 0 atom stereocenters. The molecule has 216 valence electrons. The smallest absolute Gasteiger partial charge is 0.335 e. The van der Waals surface area contributed by atoms with Crippen molar-refractivity contribution in [1.82, 2.24) is 14.1 Å². The Balaban J connectivity index is 0.00000198. The van der Waals surface area contributed by atoms with Crippen molar-refractivity contribution in [1.29, 1.82) is 0 Å². The Labute approximate surface area is 239 Å². The molecule has 0 saturated carbocycles. The topological polar surface area (TPSA) is 104 Å². The van der Waals surface area contributed by atoms with Gasteiger partial charge in [0.1, 0.15) is 22.9 Å². The second-order valence-electron chi connectivity index (χ2n) is 8.62. The van der Waals surface area contributed by atoms with Gasteiger partial charge < -0.3 is 14.8 Å². The standard InChI is InChI=1S/C29H22F2N4O5.C2H6/c1-3-34-16-22(28(37)35(29(34)38)19-7-4-17(30)5-8-19)27(36)33-18-6-11-26(23(31)14-18)40-25-12-13-32-24-10-9-20(39-2)15-21(24)25;1-2/h4-16H,3H2,1-2H3,(H,33,36);1-2H3. The molecule has 1 N–H and O–H groups in total. The third-order valence-corrected chi connectivity index (χ3v) is 6.14. The summed E-state index contributed by atoms with van der Waals surface area (Å²) < 4.78 is 41.4. The number of carbonyl (C=O) groups is 1. The number of methoxy groups -OCH3 is 1. The molecule has 0 spiro atoms. The number of fused-ring (bicyclic) bond motifs is 1. The predicted octanol–water partition coefficient (Wildman–Crippen LogP) is 5.92. The Morgan fingerprint density at radius 1 is 0.952 bits per heavy atom. The van der Waals surface area contributed by atoms with E-state index in [-0.39, 0.29) is 29.2 Å². The summed E-state index contributed by atoms with van der Waals surface area (Å²) in [7, 11) is 1.53. The van der Waals surface area contributed by atoms with Crippen LogP contribution in [0.2, 0.25) is 0 Å². The van der Waals surface area contributed by atoms with E-state index in [2.05, 4.69) is 10.3 Å². The van der Waals surface area contributed by atoms with Crippen molar-refractivity contribution in [2.24, 2.45) is 0 Å². The van der Waals surface area contributed by atoms with E-state index in [1.165, 1.54) is 42.1 Å². The van der Waals surface area contributed by atoms with Crippen LogP contribution in [0.15, 0.2) is 88.7 Å². The SMILES string of the molecule is CC.CCn1cc(C(=O)Nc2ccc(Oc3ccnc4ccc(OC)cc34)c(F)c2)c(=O)n(-c2ccc(F)cc2)c1=O. The van der Waals surface area contributed by atoms with Gasteiger partial charge in [-0.3, -0.25) is 19.1 Å². The van der Waals surface area contributed by atoms with E-state index in [0.29, 0.717) is 22.4 Å². The molecule has 9 nitrogen and oxygen atoms in total. The van der Waals surface area contributed by atoms with Gasteiger partial charge in [0.25, 0.3) is 11.5 Å². The van der Waals surface area contributed by atoms with Crippen molar-refractivity contribution in [3.63, 3.8) is 0 Å². The molecule has 0 bridgehead atoms. The van der Waals surface area contributed by atoms with Crippen LogP contribution in [-0.2, 0) is 6.54 Å². The average molecular weight is 575 g/mol. The van der Waals surface area contributed by atoms with Crippen LogP contribution in [0.1, 0.15) is 31.1 Å². The minimum absolute atomic E-state index is 0.0538. The monoisotopic (exact) mass is 574 g/mol. The summed E-state index contributed by atoms with van der Waals surface area (Å²) in [6.45, 7) is 5.83. The Bertz CT molecular complexity index is 1870. The number of hydrogen-bond donors (Lipinski definition) is 1. The van der Waals surface area contributed by atoms with E-state index in [4.69, 9.17) is 9.47 Å². The van der Waals surface area contributed by atoms with E-state index in [0.717, 1.165) is 29.0 Å². The zero-order valence-electron chi connectivity index (χ0n) is 23.4. The highest BCUT2D eigenvalue weighted by Gasteiger charge is 2.19. The number of amides is 1. The minimum Gasteiger partial charge on any atom is -0.497 e. The molecular formula is C31H28F2N4O5. The molecule has 5 aromatic rings. The van der Waals surface area contributed by atoms with Crippen LogP contribution in [-0.4, -0.2) is 27.1 Å². The number of ether oxygens (including phenoxy) is 2. The number of anilines is 1. The molecule has 0 saturated heterocycles. The lowest BCUT2D eigenvalue weighted by atomic mass is 10.2. The van der Waals surface area contributed by atoms with E-state index >= 15 is 4.39 Å². The number of halogens is 2. The lowest BCUT2D eigenvalue weighted by Gasteiger charge is -2.13. The van der Waals surface area contributed by atoms with Crippen LogP contribution in [0.4, 0.5) is 14.5 Å². The zero-order valence-corrected chi connectivity index (χ0v) is 23.4. The van der Waals surface area contributed by atoms with Gasteiger partial charge in [0.2, 0.25) is 0 Å². The van der Waals surface area contributed by atoms with Crippen molar-refractivity contribution in [2.75, 3.05) is 12.4 Å². The highest BCUT2D eigenvalue weighted by Crippen LogP contribution is 2.33. The van der Waals surface area contributed by atoms with E-state index in [1.54, 1.807) is 31.2 Å². The van der Waals surface area contributed by atoms with E-state index < -0.39 is 28.8 Å². The summed E-state index contributed by atoms with van der Waals surface area (Å²) in [5.41, 5.74) is -1.17. The second kappa shape index (κ2) is 12.9. The maximum Gasteiger partial charge on any atom is 0.335 e. The van der Waals surface area contributed by atoms with Crippen molar-refractivity contribution >= 4 is 22.5 Å². The fraction of sp³-hybridized carbons (Fsp3) is 0.161. The summed E-state index contributed by atoms with van der Waals surface area (Å²) >= 11 is 0. The quantitative estimate of drug-likeness (QED) is 0.259. The van der Waals surface area contributed by atoms with E-state index in [9.17, 15) is 18.8 Å². The van der Waals surface area contributed by atoms with Gasteiger partial charge in [0.15, 0.2) is 11.6 Å². The molecule has 2 heterocycles. The molecule has 0 aliphatic carbocycles. The van der Waals surface area contributed by atoms with Crippen molar-refractivity contribution in [3.05, 3.63) is 117 Å². The Morgan fingerprint density at radius 2 is 1.69 bits per heavy atom. The molecule has 42 heavy (non-hydrogen) atoms. The maximum atomic E-state index is 15.0. The second-order valence-corrected chi connectivity index (χ2v) is 8.62. The highest BCUT2D eigenvalue weighted by molar-refractivity contribution is 6.03. The minimum atomic E-state index is -0.903. The van der Waals surface area contributed by atoms with E-state index in [1.807, 2.05) is 13.8 Å². The maximum absolute atomic E-state index is 15.0. The number of benzene rings is 3. The predicted molar refractivity (Wildman–Crippen MR) is 156 cm³/mol. The number of rotatable bonds is 7. The van der Waals surface area contributed by atoms with Crippen LogP contribution in [0, 0.1) is 11.6 Å². The molecule has 1 amide bonds. The van der Waals surface area contributed by atoms with Crippen LogP contribution < -0.4 is 26.0 Å². The number of aromatic nitrogens is 3. The third kappa shape index (κ3) is 6.04. The number of hydrogen-bond acceptors (Lipinski definition) is 6. The number of nitrogens with zero attached hydrogens (tertiary/aromatic N) is 3. The van der Waals surface area contributed by atoms with Gasteiger partial charge in [0, 0.05) is 36.1 Å². The molecule has 0 radical (unpaired) electrons. The highest BCUT2D eigenvalue weighted by atomic mass is 19.1. The molecule has 0 unspecified atom stereocenters. The fourth-order valence-corrected chi connectivity index (χ4v) is 4.10. The molecule has 0 fully saturated rings. The largest absolute Gasteiger partial charge is 0.497 e. The first-order valence-electron chi connectivity index (χ1n) is 13.1. The Hall–Kier alpha value is -5.32. The molecule has 0 aliphatic heterocycles. The van der Waals surface area contributed by atoms with Gasteiger partial charge >= 0.3 is 5.69 Å². The summed E-state index contributed by atoms with van der Waals surface area (Å²) in [4.78, 5) is 43.3. The first kappa shape index (κ1) is 29.7. The molecular weight excluding hydrogens is 546 g/mol. The fourth-order valence-electron chi connectivity index (χ4n) is 4.10. The van der Waals surface area contributed by atoms with Gasteiger partial charge in [-0.2, -0.15) is 0 Å². The van der Waals surface area contributed by atoms with Gasteiger partial charge in [0.05, 0.1) is 18.3 Å². The Kier molecular flexibility index (Phi) is 9.11. The number of nitrogens with one attached hydrogen (secondary N) is 1. The molecule has 11 heteroatoms. The lowest BCUT2D eigenvalue weighted by molar-refractivity contribution is 0.102. The third-order valence-electron chi connectivity index (χ3n) is 6.14. The lowest BCUT2D eigenvalue weighted by Crippen LogP contribution is -2.42. The molecule has 5 rings (SSSR count). The Morgan fingerprint density at radius 3 is 2.36 bits per heavy atom. The van der Waals surface area contributed by atoms with Gasteiger partial charge in [-0.15, -0.1) is 0 Å². The first-order valence-corrected chi connectivity index (χ1v) is 13.1. The van der Waals surface area contributed by atoms with Crippen molar-refractivity contribution < 1.29 is 23.0 Å².